The Morgan fingerprint density at radius 2 is 1.85 bits per heavy atom. The molecule has 1 aromatic heterocycles. The molecule has 0 aliphatic heterocycles. The van der Waals surface area contributed by atoms with Crippen LogP contribution in [-0.2, 0) is 6.54 Å². The second-order valence-electron chi connectivity index (χ2n) is 5.24. The molecule has 4 heteroatoms. The molecule has 0 atom stereocenters. The highest BCUT2D eigenvalue weighted by atomic mass is 16.6. The van der Waals surface area contributed by atoms with Gasteiger partial charge in [-0.25, -0.2) is 0 Å². The van der Waals surface area contributed by atoms with Gasteiger partial charge in [0.2, 0.25) is 0 Å². The van der Waals surface area contributed by atoms with Gasteiger partial charge in [-0.1, -0.05) is 45.1 Å². The highest BCUT2D eigenvalue weighted by molar-refractivity contribution is 5.89. The number of benzene rings is 1. The molecule has 0 unspecified atom stereocenters. The number of aryl methyl sites for hydroxylation is 1. The van der Waals surface area contributed by atoms with Gasteiger partial charge in [0.15, 0.2) is 0 Å². The van der Waals surface area contributed by atoms with E-state index in [0.29, 0.717) is 0 Å². The molecule has 20 heavy (non-hydrogen) atoms. The predicted octanol–water partition coefficient (Wildman–Crippen LogP) is 4.91. The molecule has 0 fully saturated rings. The molecule has 0 saturated carbocycles. The van der Waals surface area contributed by atoms with Gasteiger partial charge in [-0.15, -0.1) is 0 Å². The summed E-state index contributed by atoms with van der Waals surface area (Å²) >= 11 is 0. The number of nitro benzene ring substituents is 1. The molecule has 0 aliphatic rings. The number of fused-ring (bicyclic) bond motifs is 1. The van der Waals surface area contributed by atoms with Gasteiger partial charge in [0.1, 0.15) is 0 Å². The van der Waals surface area contributed by atoms with E-state index in [1.165, 1.54) is 32.1 Å². The van der Waals surface area contributed by atoms with Gasteiger partial charge in [0.25, 0.3) is 5.69 Å². The Kier molecular flexibility index (Phi) is 5.16. The molecule has 1 heterocycles. The van der Waals surface area contributed by atoms with Crippen LogP contribution in [0, 0.1) is 10.1 Å². The second-order valence-corrected chi connectivity index (χ2v) is 5.24. The van der Waals surface area contributed by atoms with Crippen LogP contribution in [0.5, 0.6) is 0 Å². The summed E-state index contributed by atoms with van der Waals surface area (Å²) in [5.74, 6) is 0. The first-order valence-electron chi connectivity index (χ1n) is 7.46. The zero-order valence-electron chi connectivity index (χ0n) is 12.0. The average molecular weight is 274 g/mol. The van der Waals surface area contributed by atoms with Crippen LogP contribution in [0.1, 0.15) is 45.4 Å². The van der Waals surface area contributed by atoms with E-state index in [1.807, 2.05) is 18.3 Å². The SMILES string of the molecule is CCCCCCCCn1ccc2c([N+](=O)[O-])cccc21. The predicted molar refractivity (Wildman–Crippen MR) is 82.0 cm³/mol. The molecule has 2 rings (SSSR count). The van der Waals surface area contributed by atoms with Crippen LogP contribution < -0.4 is 0 Å². The molecule has 2 aromatic rings. The highest BCUT2D eigenvalue weighted by Gasteiger charge is 2.13. The van der Waals surface area contributed by atoms with Crippen molar-refractivity contribution >= 4 is 16.6 Å². The van der Waals surface area contributed by atoms with E-state index in [4.69, 9.17) is 0 Å². The van der Waals surface area contributed by atoms with Gasteiger partial charge < -0.3 is 4.57 Å². The van der Waals surface area contributed by atoms with Crippen molar-refractivity contribution in [2.45, 2.75) is 52.0 Å². The number of unbranched alkanes of at least 4 members (excludes halogenated alkanes) is 5. The van der Waals surface area contributed by atoms with E-state index in [9.17, 15) is 10.1 Å². The Hall–Kier alpha value is -1.84. The summed E-state index contributed by atoms with van der Waals surface area (Å²) in [6.45, 7) is 3.16. The maximum Gasteiger partial charge on any atom is 0.278 e. The maximum absolute atomic E-state index is 11.0. The lowest BCUT2D eigenvalue weighted by atomic mass is 10.1. The van der Waals surface area contributed by atoms with Crippen LogP contribution >= 0.6 is 0 Å². The van der Waals surface area contributed by atoms with Crippen LogP contribution in [0.4, 0.5) is 5.69 Å². The molecule has 0 N–H and O–H groups in total. The topological polar surface area (TPSA) is 48.1 Å². The molecular weight excluding hydrogens is 252 g/mol. The number of hydrogen-bond donors (Lipinski definition) is 0. The van der Waals surface area contributed by atoms with Crippen LogP contribution in [0.3, 0.4) is 0 Å². The molecule has 0 aliphatic carbocycles. The van der Waals surface area contributed by atoms with Crippen molar-refractivity contribution in [1.82, 2.24) is 4.57 Å². The Morgan fingerprint density at radius 3 is 2.60 bits per heavy atom. The van der Waals surface area contributed by atoms with Crippen molar-refractivity contribution in [2.24, 2.45) is 0 Å². The Balaban J connectivity index is 1.98. The minimum Gasteiger partial charge on any atom is -0.347 e. The molecule has 0 radical (unpaired) electrons. The van der Waals surface area contributed by atoms with E-state index in [0.717, 1.165) is 23.9 Å². The lowest BCUT2D eigenvalue weighted by Crippen LogP contribution is -1.96. The number of nitrogens with zero attached hydrogens (tertiary/aromatic N) is 2. The summed E-state index contributed by atoms with van der Waals surface area (Å²) in [7, 11) is 0. The van der Waals surface area contributed by atoms with Crippen LogP contribution in [0.2, 0.25) is 0 Å². The van der Waals surface area contributed by atoms with Crippen molar-refractivity contribution in [3.05, 3.63) is 40.6 Å². The fourth-order valence-corrected chi connectivity index (χ4v) is 2.62. The zero-order chi connectivity index (χ0) is 14.4. The third-order valence-electron chi connectivity index (χ3n) is 3.74. The third kappa shape index (κ3) is 3.38. The Labute approximate surface area is 119 Å². The Morgan fingerprint density at radius 1 is 1.10 bits per heavy atom. The highest BCUT2D eigenvalue weighted by Crippen LogP contribution is 2.26. The maximum atomic E-state index is 11.0. The molecule has 0 saturated heterocycles. The van der Waals surface area contributed by atoms with Crippen molar-refractivity contribution in [3.8, 4) is 0 Å². The van der Waals surface area contributed by atoms with Gasteiger partial charge in [0, 0.05) is 18.8 Å². The van der Waals surface area contributed by atoms with E-state index in [1.54, 1.807) is 12.1 Å². The molecule has 4 nitrogen and oxygen atoms in total. The minimum atomic E-state index is -0.308. The second kappa shape index (κ2) is 7.08. The summed E-state index contributed by atoms with van der Waals surface area (Å²) < 4.78 is 2.13. The van der Waals surface area contributed by atoms with E-state index in [-0.39, 0.29) is 10.6 Å². The Bertz CT molecular complexity index is 575. The summed E-state index contributed by atoms with van der Waals surface area (Å²) in [6, 6.07) is 7.14. The monoisotopic (exact) mass is 274 g/mol. The normalized spacial score (nSPS) is 11.1. The molecular formula is C16H22N2O2. The number of nitro groups is 1. The number of non-ortho nitro benzene ring substituents is 1. The molecule has 0 spiro atoms. The largest absolute Gasteiger partial charge is 0.347 e. The number of aromatic nitrogens is 1. The summed E-state index contributed by atoms with van der Waals surface area (Å²) in [5.41, 5.74) is 1.16. The van der Waals surface area contributed by atoms with E-state index in [2.05, 4.69) is 11.5 Å². The summed E-state index contributed by atoms with van der Waals surface area (Å²) in [6.07, 6.45) is 9.51. The fraction of sp³-hybridized carbons (Fsp3) is 0.500. The van der Waals surface area contributed by atoms with Gasteiger partial charge >= 0.3 is 0 Å². The summed E-state index contributed by atoms with van der Waals surface area (Å²) in [4.78, 5) is 10.7. The average Bonchev–Trinajstić information content (AvgIpc) is 2.85. The third-order valence-corrected chi connectivity index (χ3v) is 3.74. The smallest absolute Gasteiger partial charge is 0.278 e. The first kappa shape index (κ1) is 14.6. The van der Waals surface area contributed by atoms with Gasteiger partial charge in [-0.2, -0.15) is 0 Å². The standard InChI is InChI=1S/C16H22N2O2/c1-2-3-4-5-6-7-12-17-13-11-14-15(17)9-8-10-16(14)18(19)20/h8-11,13H,2-7,12H2,1H3. The van der Waals surface area contributed by atoms with Gasteiger partial charge in [-0.05, 0) is 18.6 Å². The van der Waals surface area contributed by atoms with Crippen molar-refractivity contribution in [2.75, 3.05) is 0 Å². The van der Waals surface area contributed by atoms with Gasteiger partial charge in [-0.3, -0.25) is 10.1 Å². The lowest BCUT2D eigenvalue weighted by molar-refractivity contribution is -0.383. The quantitative estimate of drug-likeness (QED) is 0.390. The first-order chi connectivity index (χ1) is 9.74. The van der Waals surface area contributed by atoms with E-state index < -0.39 is 0 Å². The number of hydrogen-bond acceptors (Lipinski definition) is 2. The van der Waals surface area contributed by atoms with Crippen molar-refractivity contribution in [1.29, 1.82) is 0 Å². The van der Waals surface area contributed by atoms with E-state index >= 15 is 0 Å². The van der Waals surface area contributed by atoms with Crippen LogP contribution in [0.15, 0.2) is 30.5 Å². The minimum absolute atomic E-state index is 0.198. The van der Waals surface area contributed by atoms with Gasteiger partial charge in [0.05, 0.1) is 15.8 Å². The molecule has 108 valence electrons. The molecule has 0 bridgehead atoms. The van der Waals surface area contributed by atoms with Crippen LogP contribution in [-0.4, -0.2) is 9.49 Å². The fourth-order valence-electron chi connectivity index (χ4n) is 2.62. The van der Waals surface area contributed by atoms with Crippen molar-refractivity contribution < 1.29 is 4.92 Å². The van der Waals surface area contributed by atoms with Crippen molar-refractivity contribution in [3.63, 3.8) is 0 Å². The number of rotatable bonds is 8. The first-order valence-corrected chi connectivity index (χ1v) is 7.46. The summed E-state index contributed by atoms with van der Waals surface area (Å²) in [5, 5.41) is 11.7. The molecule has 1 aromatic carbocycles. The molecule has 0 amide bonds. The van der Waals surface area contributed by atoms with Crippen LogP contribution in [0.25, 0.3) is 10.9 Å². The lowest BCUT2D eigenvalue weighted by Gasteiger charge is -2.05. The zero-order valence-corrected chi connectivity index (χ0v) is 12.0.